The lowest BCUT2D eigenvalue weighted by Gasteiger charge is -2.17. The predicted molar refractivity (Wildman–Crippen MR) is 79.7 cm³/mol. The summed E-state index contributed by atoms with van der Waals surface area (Å²) >= 11 is 5.59. The summed E-state index contributed by atoms with van der Waals surface area (Å²) < 4.78 is 0. The molecule has 0 saturated carbocycles. The van der Waals surface area contributed by atoms with E-state index in [4.69, 9.17) is 12.2 Å². The van der Waals surface area contributed by atoms with E-state index in [-0.39, 0.29) is 0 Å². The summed E-state index contributed by atoms with van der Waals surface area (Å²) in [6, 6.07) is 18.5. The Balaban J connectivity index is 2.03. The molecule has 2 heteroatoms. The molecule has 0 spiro atoms. The first kappa shape index (κ1) is 11.3. The molecule has 0 saturated heterocycles. The molecule has 3 rings (SSSR count). The van der Waals surface area contributed by atoms with Gasteiger partial charge in [0, 0.05) is 12.1 Å². The minimum atomic E-state index is 0.833. The average molecular weight is 251 g/mol. The molecule has 0 amide bonds. The predicted octanol–water partition coefficient (Wildman–Crippen LogP) is 3.45. The van der Waals surface area contributed by atoms with Crippen LogP contribution in [-0.2, 0) is 6.42 Å². The molecular formula is C16H13NS. The first-order valence-corrected chi connectivity index (χ1v) is 6.49. The van der Waals surface area contributed by atoms with Crippen LogP contribution in [0.25, 0.3) is 0 Å². The summed E-state index contributed by atoms with van der Waals surface area (Å²) in [4.78, 5) is 5.47. The minimum absolute atomic E-state index is 0.833. The van der Waals surface area contributed by atoms with Crippen LogP contribution in [-0.4, -0.2) is 17.1 Å². The normalized spacial score (nSPS) is 13.7. The summed E-state index contributed by atoms with van der Waals surface area (Å²) in [6.45, 7) is 0.833. The fraction of sp³-hybridized carbons (Fsp3) is 0.125. The van der Waals surface area contributed by atoms with Gasteiger partial charge in [0.2, 0.25) is 0 Å². The second kappa shape index (κ2) is 4.83. The number of hydrogen-bond donors (Lipinski definition) is 0. The Labute approximate surface area is 112 Å². The Morgan fingerprint density at radius 2 is 1.67 bits per heavy atom. The van der Waals surface area contributed by atoms with Crippen LogP contribution in [0.2, 0.25) is 0 Å². The second-order valence-corrected chi connectivity index (χ2v) is 4.74. The Morgan fingerprint density at radius 3 is 2.50 bits per heavy atom. The van der Waals surface area contributed by atoms with Crippen LogP contribution in [0.1, 0.15) is 16.7 Å². The first-order valence-electron chi connectivity index (χ1n) is 6.09. The summed E-state index contributed by atoms with van der Waals surface area (Å²) in [5.41, 5.74) is 4.58. The second-order valence-electron chi connectivity index (χ2n) is 4.33. The molecule has 1 nitrogen and oxygen atoms in total. The highest BCUT2D eigenvalue weighted by atomic mass is 32.1. The summed E-state index contributed by atoms with van der Waals surface area (Å²) in [5.74, 6) is 0. The van der Waals surface area contributed by atoms with Gasteiger partial charge in [0.25, 0.3) is 0 Å². The van der Waals surface area contributed by atoms with E-state index in [1.807, 2.05) is 36.4 Å². The third-order valence-electron chi connectivity index (χ3n) is 3.17. The van der Waals surface area contributed by atoms with Crippen molar-refractivity contribution >= 4 is 22.8 Å². The van der Waals surface area contributed by atoms with E-state index < -0.39 is 0 Å². The molecule has 0 atom stereocenters. The number of aliphatic imine (C=N–C) groups is 1. The monoisotopic (exact) mass is 251 g/mol. The van der Waals surface area contributed by atoms with Crippen LogP contribution in [0.15, 0.2) is 59.6 Å². The topological polar surface area (TPSA) is 12.4 Å². The molecule has 1 aliphatic heterocycles. The van der Waals surface area contributed by atoms with Gasteiger partial charge in [0.1, 0.15) is 0 Å². The molecule has 0 aromatic heterocycles. The van der Waals surface area contributed by atoms with E-state index in [0.717, 1.165) is 29.1 Å². The lowest BCUT2D eigenvalue weighted by molar-refractivity contribution is 0.948. The van der Waals surface area contributed by atoms with Gasteiger partial charge in [-0.25, -0.2) is 0 Å². The maximum absolute atomic E-state index is 5.59. The lowest BCUT2D eigenvalue weighted by Crippen LogP contribution is -2.21. The van der Waals surface area contributed by atoms with Crippen molar-refractivity contribution in [2.45, 2.75) is 6.42 Å². The molecule has 18 heavy (non-hydrogen) atoms. The molecule has 1 heterocycles. The zero-order valence-corrected chi connectivity index (χ0v) is 10.8. The van der Waals surface area contributed by atoms with Crippen molar-refractivity contribution < 1.29 is 0 Å². The van der Waals surface area contributed by atoms with Crippen LogP contribution >= 0.6 is 12.2 Å². The lowest BCUT2D eigenvalue weighted by atomic mass is 9.94. The van der Waals surface area contributed by atoms with E-state index in [1.165, 1.54) is 11.1 Å². The molecule has 0 unspecified atom stereocenters. The highest BCUT2D eigenvalue weighted by Crippen LogP contribution is 2.19. The Kier molecular flexibility index (Phi) is 3.03. The van der Waals surface area contributed by atoms with Gasteiger partial charge >= 0.3 is 0 Å². The molecule has 0 fully saturated rings. The maximum Gasteiger partial charge on any atom is 0.0836 e. The quantitative estimate of drug-likeness (QED) is 0.588. The van der Waals surface area contributed by atoms with Gasteiger partial charge in [-0.2, -0.15) is 0 Å². The van der Waals surface area contributed by atoms with Crippen molar-refractivity contribution in [2.75, 3.05) is 6.54 Å². The van der Waals surface area contributed by atoms with Gasteiger partial charge in [-0.1, -0.05) is 66.8 Å². The summed E-state index contributed by atoms with van der Waals surface area (Å²) in [6.07, 6.45) is 1.01. The van der Waals surface area contributed by atoms with Gasteiger partial charge in [-0.15, -0.1) is 0 Å². The fourth-order valence-electron chi connectivity index (χ4n) is 2.26. The zero-order chi connectivity index (χ0) is 12.4. The maximum atomic E-state index is 5.59. The third kappa shape index (κ3) is 2.00. The van der Waals surface area contributed by atoms with E-state index in [1.54, 1.807) is 0 Å². The van der Waals surface area contributed by atoms with Crippen molar-refractivity contribution in [3.8, 4) is 0 Å². The van der Waals surface area contributed by atoms with Gasteiger partial charge in [0.05, 0.1) is 10.6 Å². The standard InChI is InChI=1S/C16H13NS/c18-16(13-7-2-1-3-8-13)15-14-9-5-4-6-12(14)10-11-17-15/h1-9H,10-11H2. The van der Waals surface area contributed by atoms with Crippen LogP contribution in [0, 0.1) is 0 Å². The molecule has 2 aromatic carbocycles. The highest BCUT2D eigenvalue weighted by Gasteiger charge is 2.17. The van der Waals surface area contributed by atoms with E-state index in [0.29, 0.717) is 0 Å². The highest BCUT2D eigenvalue weighted by molar-refractivity contribution is 7.82. The van der Waals surface area contributed by atoms with Gasteiger partial charge in [-0.3, -0.25) is 4.99 Å². The molecule has 88 valence electrons. The number of hydrogen-bond acceptors (Lipinski definition) is 2. The first-order chi connectivity index (χ1) is 8.86. The van der Waals surface area contributed by atoms with E-state index >= 15 is 0 Å². The van der Waals surface area contributed by atoms with Crippen molar-refractivity contribution in [2.24, 2.45) is 4.99 Å². The van der Waals surface area contributed by atoms with E-state index in [2.05, 4.69) is 23.2 Å². The van der Waals surface area contributed by atoms with Crippen molar-refractivity contribution in [1.82, 2.24) is 0 Å². The third-order valence-corrected chi connectivity index (χ3v) is 3.60. The Hall–Kier alpha value is -1.80. The zero-order valence-electron chi connectivity index (χ0n) is 9.97. The smallest absolute Gasteiger partial charge is 0.0836 e. The molecule has 0 bridgehead atoms. The SMILES string of the molecule is S=C(C1=NCCc2ccccc21)c1ccccc1. The van der Waals surface area contributed by atoms with E-state index in [9.17, 15) is 0 Å². The number of fused-ring (bicyclic) bond motifs is 1. The number of nitrogens with zero attached hydrogens (tertiary/aromatic N) is 1. The molecule has 0 aliphatic carbocycles. The molecule has 0 N–H and O–H groups in total. The van der Waals surface area contributed by atoms with Crippen LogP contribution in [0.4, 0.5) is 0 Å². The summed E-state index contributed by atoms with van der Waals surface area (Å²) in [7, 11) is 0. The molecular weight excluding hydrogens is 238 g/mol. The summed E-state index contributed by atoms with van der Waals surface area (Å²) in [5, 5.41) is 0. The van der Waals surface area contributed by atoms with Gasteiger partial charge in [-0.05, 0) is 17.5 Å². The van der Waals surface area contributed by atoms with Crippen LogP contribution in [0.5, 0.6) is 0 Å². The molecule has 0 radical (unpaired) electrons. The molecule has 2 aromatic rings. The largest absolute Gasteiger partial charge is 0.283 e. The Bertz CT molecular complexity index is 614. The van der Waals surface area contributed by atoms with Gasteiger partial charge < -0.3 is 0 Å². The number of benzene rings is 2. The Morgan fingerprint density at radius 1 is 0.944 bits per heavy atom. The van der Waals surface area contributed by atoms with Crippen molar-refractivity contribution in [3.05, 3.63) is 71.3 Å². The van der Waals surface area contributed by atoms with Crippen molar-refractivity contribution in [1.29, 1.82) is 0 Å². The number of rotatable bonds is 2. The van der Waals surface area contributed by atoms with Gasteiger partial charge in [0.15, 0.2) is 0 Å². The number of thiocarbonyl (C=S) groups is 1. The van der Waals surface area contributed by atoms with Crippen LogP contribution < -0.4 is 0 Å². The van der Waals surface area contributed by atoms with Crippen LogP contribution in [0.3, 0.4) is 0 Å². The molecule has 1 aliphatic rings. The average Bonchev–Trinajstić information content (AvgIpc) is 2.47. The fourth-order valence-corrected chi connectivity index (χ4v) is 2.57. The van der Waals surface area contributed by atoms with Crippen molar-refractivity contribution in [3.63, 3.8) is 0 Å². The minimum Gasteiger partial charge on any atom is -0.283 e.